The summed E-state index contributed by atoms with van der Waals surface area (Å²) >= 11 is 0. The number of aliphatic hydroxyl groups is 1. The molecule has 0 aromatic heterocycles. The van der Waals surface area contributed by atoms with E-state index in [4.69, 9.17) is 9.47 Å². The molecule has 1 heterocycles. The maximum atomic E-state index is 12.0. The van der Waals surface area contributed by atoms with Gasteiger partial charge in [-0.05, 0) is 12.8 Å². The van der Waals surface area contributed by atoms with Crippen molar-refractivity contribution in [2.75, 3.05) is 14.2 Å². The van der Waals surface area contributed by atoms with E-state index in [0.717, 1.165) is 25.7 Å². The maximum Gasteiger partial charge on any atom is 0.312 e. The van der Waals surface area contributed by atoms with E-state index in [1.807, 2.05) is 13.8 Å². The average Bonchev–Trinajstić information content (AvgIpc) is 2.46. The van der Waals surface area contributed by atoms with Crippen LogP contribution in [0.15, 0.2) is 0 Å². The minimum atomic E-state index is -1.08. The number of methoxy groups -OCH3 is 2. The largest absolute Gasteiger partial charge is 0.469 e. The summed E-state index contributed by atoms with van der Waals surface area (Å²) in [6, 6.07) is -0.371. The molecule has 1 aliphatic rings. The van der Waals surface area contributed by atoms with Crippen molar-refractivity contribution in [3.8, 4) is 0 Å². The lowest BCUT2D eigenvalue weighted by molar-refractivity contribution is -0.166. The van der Waals surface area contributed by atoms with Crippen molar-refractivity contribution in [3.05, 3.63) is 0 Å². The Bertz CT molecular complexity index is 334. The molecular formula is C15H28BrNO5. The number of aliphatic hydroxyl groups excluding tert-OH is 1. The van der Waals surface area contributed by atoms with Crippen molar-refractivity contribution >= 4 is 28.9 Å². The Balaban J connectivity index is 0.00000441. The summed E-state index contributed by atoms with van der Waals surface area (Å²) in [5.74, 6) is -2.46. The normalized spacial score (nSPS) is 31.0. The van der Waals surface area contributed by atoms with Gasteiger partial charge < -0.3 is 19.9 Å². The van der Waals surface area contributed by atoms with Crippen LogP contribution in [0.5, 0.6) is 0 Å². The second-order valence-electron chi connectivity index (χ2n) is 5.55. The zero-order chi connectivity index (χ0) is 16.0. The molecule has 1 saturated heterocycles. The lowest BCUT2D eigenvalue weighted by Crippen LogP contribution is -2.63. The third-order valence-corrected chi connectivity index (χ3v) is 4.18. The SMILES string of the molecule is Br.CCCC1NC(CCC)C(C(=O)OC)C(O)C1C(=O)OC. The van der Waals surface area contributed by atoms with E-state index in [9.17, 15) is 14.7 Å². The Kier molecular flexibility index (Phi) is 9.87. The smallest absolute Gasteiger partial charge is 0.312 e. The van der Waals surface area contributed by atoms with Gasteiger partial charge in [-0.2, -0.15) is 0 Å². The van der Waals surface area contributed by atoms with Gasteiger partial charge >= 0.3 is 11.9 Å². The fourth-order valence-electron chi connectivity index (χ4n) is 3.21. The molecule has 7 heteroatoms. The first kappa shape index (κ1) is 21.3. The number of hydrogen-bond acceptors (Lipinski definition) is 6. The number of hydrogen-bond donors (Lipinski definition) is 2. The van der Waals surface area contributed by atoms with Gasteiger partial charge in [-0.3, -0.25) is 9.59 Å². The molecule has 0 aromatic carbocycles. The summed E-state index contributed by atoms with van der Waals surface area (Å²) in [5.41, 5.74) is 0. The van der Waals surface area contributed by atoms with E-state index in [1.165, 1.54) is 14.2 Å². The van der Waals surface area contributed by atoms with Crippen molar-refractivity contribution in [1.82, 2.24) is 5.32 Å². The number of rotatable bonds is 6. The quantitative estimate of drug-likeness (QED) is 0.677. The van der Waals surface area contributed by atoms with Gasteiger partial charge in [0.25, 0.3) is 0 Å². The molecule has 4 unspecified atom stereocenters. The van der Waals surface area contributed by atoms with E-state index in [1.54, 1.807) is 0 Å². The van der Waals surface area contributed by atoms with Crippen molar-refractivity contribution in [3.63, 3.8) is 0 Å². The van der Waals surface area contributed by atoms with Crippen LogP contribution in [0.4, 0.5) is 0 Å². The minimum absolute atomic E-state index is 0. The van der Waals surface area contributed by atoms with Crippen LogP contribution in [0.25, 0.3) is 0 Å². The Labute approximate surface area is 142 Å². The van der Waals surface area contributed by atoms with Gasteiger partial charge in [0, 0.05) is 12.1 Å². The van der Waals surface area contributed by atoms with E-state index in [-0.39, 0.29) is 29.1 Å². The van der Waals surface area contributed by atoms with Crippen LogP contribution in [0.1, 0.15) is 39.5 Å². The number of ether oxygens (including phenoxy) is 2. The van der Waals surface area contributed by atoms with Crippen LogP contribution in [-0.2, 0) is 19.1 Å². The van der Waals surface area contributed by atoms with Crippen LogP contribution in [0.2, 0.25) is 0 Å². The van der Waals surface area contributed by atoms with Gasteiger partial charge in [-0.15, -0.1) is 17.0 Å². The molecule has 22 heavy (non-hydrogen) atoms. The summed E-state index contributed by atoms with van der Waals surface area (Å²) in [6.45, 7) is 4.03. The highest BCUT2D eigenvalue weighted by atomic mass is 79.9. The minimum Gasteiger partial charge on any atom is -0.469 e. The standard InChI is InChI=1S/C15H27NO5.BrH/c1-5-7-9-11(14(18)20-3)13(17)12(15(19)21-4)10(16-9)8-6-2;/h9-13,16-17H,5-8H2,1-4H3;1H. The monoisotopic (exact) mass is 381 g/mol. The zero-order valence-electron chi connectivity index (χ0n) is 13.7. The molecule has 2 N–H and O–H groups in total. The highest BCUT2D eigenvalue weighted by Crippen LogP contribution is 2.32. The van der Waals surface area contributed by atoms with E-state index in [0.29, 0.717) is 0 Å². The summed E-state index contributed by atoms with van der Waals surface area (Å²) in [6.07, 6.45) is 2.15. The zero-order valence-corrected chi connectivity index (χ0v) is 15.4. The lowest BCUT2D eigenvalue weighted by atomic mass is 9.75. The van der Waals surface area contributed by atoms with Crippen LogP contribution < -0.4 is 5.32 Å². The Morgan fingerprint density at radius 1 is 0.955 bits per heavy atom. The lowest BCUT2D eigenvalue weighted by Gasteiger charge is -2.43. The predicted octanol–water partition coefficient (Wildman–Crippen LogP) is 1.44. The topological polar surface area (TPSA) is 84.9 Å². The fourth-order valence-corrected chi connectivity index (χ4v) is 3.21. The Morgan fingerprint density at radius 3 is 1.59 bits per heavy atom. The van der Waals surface area contributed by atoms with Gasteiger partial charge in [-0.25, -0.2) is 0 Å². The molecule has 6 nitrogen and oxygen atoms in total. The van der Waals surface area contributed by atoms with Crippen LogP contribution in [0.3, 0.4) is 0 Å². The van der Waals surface area contributed by atoms with Gasteiger partial charge in [-0.1, -0.05) is 26.7 Å². The van der Waals surface area contributed by atoms with Gasteiger partial charge in [0.1, 0.15) is 0 Å². The van der Waals surface area contributed by atoms with Gasteiger partial charge in [0.2, 0.25) is 0 Å². The fraction of sp³-hybridized carbons (Fsp3) is 0.867. The third kappa shape index (κ3) is 4.67. The third-order valence-electron chi connectivity index (χ3n) is 4.18. The summed E-state index contributed by atoms with van der Waals surface area (Å²) in [5, 5.41) is 13.9. The van der Waals surface area contributed by atoms with Crippen LogP contribution in [-0.4, -0.2) is 49.5 Å². The molecule has 0 saturated carbocycles. The second kappa shape index (κ2) is 10.2. The predicted molar refractivity (Wildman–Crippen MR) is 87.9 cm³/mol. The molecule has 0 spiro atoms. The van der Waals surface area contributed by atoms with E-state index >= 15 is 0 Å². The molecule has 130 valence electrons. The Hall–Kier alpha value is -0.660. The summed E-state index contributed by atoms with van der Waals surface area (Å²) in [4.78, 5) is 24.0. The number of esters is 2. The summed E-state index contributed by atoms with van der Waals surface area (Å²) < 4.78 is 9.61. The van der Waals surface area contributed by atoms with Crippen molar-refractivity contribution in [2.24, 2.45) is 11.8 Å². The Morgan fingerprint density at radius 2 is 1.32 bits per heavy atom. The number of nitrogens with one attached hydrogen (secondary N) is 1. The first-order chi connectivity index (χ1) is 10.0. The number of carbonyl (C=O) groups is 2. The van der Waals surface area contributed by atoms with Gasteiger partial charge in [0.05, 0.1) is 32.2 Å². The molecule has 4 atom stereocenters. The highest BCUT2D eigenvalue weighted by molar-refractivity contribution is 8.93. The molecule has 1 rings (SSSR count). The van der Waals surface area contributed by atoms with Gasteiger partial charge in [0.15, 0.2) is 0 Å². The molecule has 0 amide bonds. The average molecular weight is 382 g/mol. The molecule has 0 aromatic rings. The first-order valence-electron chi connectivity index (χ1n) is 7.61. The number of halogens is 1. The van der Waals surface area contributed by atoms with E-state index in [2.05, 4.69) is 5.32 Å². The molecule has 1 aliphatic heterocycles. The van der Waals surface area contributed by atoms with Crippen molar-refractivity contribution < 1.29 is 24.2 Å². The highest BCUT2D eigenvalue weighted by Gasteiger charge is 2.50. The summed E-state index contributed by atoms with van der Waals surface area (Å²) in [7, 11) is 2.59. The molecule has 0 aliphatic carbocycles. The number of carbonyl (C=O) groups excluding carboxylic acids is 2. The molecule has 1 fully saturated rings. The second-order valence-corrected chi connectivity index (χ2v) is 5.55. The number of piperidine rings is 1. The van der Waals surface area contributed by atoms with Crippen molar-refractivity contribution in [1.29, 1.82) is 0 Å². The van der Waals surface area contributed by atoms with Crippen molar-refractivity contribution in [2.45, 2.75) is 57.7 Å². The maximum absolute atomic E-state index is 12.0. The molecule has 0 radical (unpaired) electrons. The van der Waals surface area contributed by atoms with E-state index < -0.39 is 29.9 Å². The first-order valence-corrected chi connectivity index (χ1v) is 7.61. The molecule has 0 bridgehead atoms. The van der Waals surface area contributed by atoms with Crippen LogP contribution >= 0.6 is 17.0 Å². The van der Waals surface area contributed by atoms with Crippen LogP contribution in [0, 0.1) is 11.8 Å². The molecular weight excluding hydrogens is 354 g/mol.